The predicted molar refractivity (Wildman–Crippen MR) is 86.8 cm³/mol. The standard InChI is InChI=1S/C16H27N3O2/c1-6-17-15(19-16(2,3)4)18-11-14(20)12-8-7-9-13(10-12)21-5/h7-10,14,20H,6,11H2,1-5H3,(H2,17,18,19). The molecule has 1 aromatic carbocycles. The number of ether oxygens (including phenoxy) is 1. The average Bonchev–Trinajstić information content (AvgIpc) is 2.43. The van der Waals surface area contributed by atoms with E-state index < -0.39 is 6.10 Å². The lowest BCUT2D eigenvalue weighted by molar-refractivity contribution is 0.186. The number of hydrogen-bond donors (Lipinski definition) is 3. The van der Waals surface area contributed by atoms with E-state index in [2.05, 4.69) is 36.4 Å². The zero-order chi connectivity index (χ0) is 15.9. The largest absolute Gasteiger partial charge is 0.497 e. The smallest absolute Gasteiger partial charge is 0.191 e. The number of aliphatic hydroxyl groups excluding tert-OH is 1. The highest BCUT2D eigenvalue weighted by Gasteiger charge is 2.13. The molecular formula is C16H27N3O2. The second-order valence-electron chi connectivity index (χ2n) is 5.89. The van der Waals surface area contributed by atoms with E-state index in [1.807, 2.05) is 31.2 Å². The maximum absolute atomic E-state index is 10.2. The van der Waals surface area contributed by atoms with Gasteiger partial charge < -0.3 is 20.5 Å². The molecule has 21 heavy (non-hydrogen) atoms. The third kappa shape index (κ3) is 6.49. The first-order chi connectivity index (χ1) is 9.85. The monoisotopic (exact) mass is 293 g/mol. The topological polar surface area (TPSA) is 65.9 Å². The number of guanidine groups is 1. The molecule has 0 fully saturated rings. The van der Waals surface area contributed by atoms with Gasteiger partial charge in [-0.05, 0) is 45.4 Å². The summed E-state index contributed by atoms with van der Waals surface area (Å²) in [5.74, 6) is 1.43. The Kier molecular flexibility index (Phi) is 6.49. The first-order valence-corrected chi connectivity index (χ1v) is 7.24. The van der Waals surface area contributed by atoms with Crippen LogP contribution in [-0.4, -0.2) is 36.8 Å². The molecule has 0 saturated heterocycles. The second kappa shape index (κ2) is 7.88. The van der Waals surface area contributed by atoms with E-state index in [9.17, 15) is 5.11 Å². The predicted octanol–water partition coefficient (Wildman–Crippen LogP) is 2.08. The van der Waals surface area contributed by atoms with E-state index in [-0.39, 0.29) is 5.54 Å². The third-order valence-corrected chi connectivity index (χ3v) is 2.74. The highest BCUT2D eigenvalue weighted by molar-refractivity contribution is 5.80. The maximum atomic E-state index is 10.2. The molecule has 0 aliphatic rings. The summed E-state index contributed by atoms with van der Waals surface area (Å²) in [5.41, 5.74) is 0.715. The van der Waals surface area contributed by atoms with Gasteiger partial charge in [-0.2, -0.15) is 0 Å². The van der Waals surface area contributed by atoms with Gasteiger partial charge in [0.2, 0.25) is 0 Å². The fraction of sp³-hybridized carbons (Fsp3) is 0.562. The van der Waals surface area contributed by atoms with Crippen LogP contribution in [0.25, 0.3) is 0 Å². The van der Waals surface area contributed by atoms with Crippen LogP contribution in [0.2, 0.25) is 0 Å². The molecule has 118 valence electrons. The lowest BCUT2D eigenvalue weighted by atomic mass is 10.1. The summed E-state index contributed by atoms with van der Waals surface area (Å²) in [5, 5.41) is 16.7. The minimum atomic E-state index is -0.657. The van der Waals surface area contributed by atoms with Gasteiger partial charge in [0.1, 0.15) is 5.75 Å². The van der Waals surface area contributed by atoms with Crippen LogP contribution in [0, 0.1) is 0 Å². The van der Waals surface area contributed by atoms with E-state index in [1.165, 1.54) is 0 Å². The maximum Gasteiger partial charge on any atom is 0.191 e. The summed E-state index contributed by atoms with van der Waals surface area (Å²) in [4.78, 5) is 4.43. The van der Waals surface area contributed by atoms with Crippen LogP contribution >= 0.6 is 0 Å². The fourth-order valence-corrected chi connectivity index (χ4v) is 1.79. The summed E-state index contributed by atoms with van der Waals surface area (Å²) >= 11 is 0. The number of benzene rings is 1. The molecule has 0 heterocycles. The summed E-state index contributed by atoms with van der Waals surface area (Å²) in [6, 6.07) is 7.40. The van der Waals surface area contributed by atoms with Crippen molar-refractivity contribution >= 4 is 5.96 Å². The number of rotatable bonds is 5. The molecule has 0 amide bonds. The molecular weight excluding hydrogens is 266 g/mol. The lowest BCUT2D eigenvalue weighted by Crippen LogP contribution is -2.47. The number of hydrogen-bond acceptors (Lipinski definition) is 3. The van der Waals surface area contributed by atoms with Gasteiger partial charge in [-0.3, -0.25) is 4.99 Å². The van der Waals surface area contributed by atoms with Gasteiger partial charge in [-0.1, -0.05) is 12.1 Å². The fourth-order valence-electron chi connectivity index (χ4n) is 1.79. The molecule has 0 radical (unpaired) electrons. The van der Waals surface area contributed by atoms with Crippen molar-refractivity contribution in [2.45, 2.75) is 39.3 Å². The van der Waals surface area contributed by atoms with E-state index >= 15 is 0 Å². The average molecular weight is 293 g/mol. The SMILES string of the molecule is CCNC(=NCC(O)c1cccc(OC)c1)NC(C)(C)C. The van der Waals surface area contributed by atoms with Crippen LogP contribution in [-0.2, 0) is 0 Å². The van der Waals surface area contributed by atoms with Crippen molar-refractivity contribution < 1.29 is 9.84 Å². The Hall–Kier alpha value is -1.75. The van der Waals surface area contributed by atoms with Crippen LogP contribution in [0.15, 0.2) is 29.3 Å². The molecule has 0 aromatic heterocycles. The number of nitrogens with one attached hydrogen (secondary N) is 2. The van der Waals surface area contributed by atoms with Gasteiger partial charge >= 0.3 is 0 Å². The molecule has 0 saturated carbocycles. The van der Waals surface area contributed by atoms with Gasteiger partial charge in [-0.15, -0.1) is 0 Å². The van der Waals surface area contributed by atoms with Crippen molar-refractivity contribution in [3.8, 4) is 5.75 Å². The van der Waals surface area contributed by atoms with Crippen molar-refractivity contribution in [3.63, 3.8) is 0 Å². The van der Waals surface area contributed by atoms with Crippen molar-refractivity contribution in [2.75, 3.05) is 20.2 Å². The van der Waals surface area contributed by atoms with Crippen molar-refractivity contribution in [2.24, 2.45) is 4.99 Å². The van der Waals surface area contributed by atoms with Crippen LogP contribution in [0.3, 0.4) is 0 Å². The van der Waals surface area contributed by atoms with E-state index in [1.54, 1.807) is 7.11 Å². The van der Waals surface area contributed by atoms with Crippen LogP contribution in [0.1, 0.15) is 39.4 Å². The van der Waals surface area contributed by atoms with Gasteiger partial charge in [0.05, 0.1) is 19.8 Å². The zero-order valence-electron chi connectivity index (χ0n) is 13.6. The van der Waals surface area contributed by atoms with Gasteiger partial charge in [-0.25, -0.2) is 0 Å². The Morgan fingerprint density at radius 2 is 2.10 bits per heavy atom. The molecule has 1 aromatic rings. The van der Waals surface area contributed by atoms with Gasteiger partial charge in [0.15, 0.2) is 5.96 Å². The molecule has 0 bridgehead atoms. The number of nitrogens with zero attached hydrogens (tertiary/aromatic N) is 1. The van der Waals surface area contributed by atoms with E-state index in [0.717, 1.165) is 17.9 Å². The number of aliphatic hydroxyl groups is 1. The molecule has 1 atom stereocenters. The molecule has 0 aliphatic carbocycles. The van der Waals surface area contributed by atoms with Gasteiger partial charge in [0.25, 0.3) is 0 Å². The van der Waals surface area contributed by atoms with Crippen LogP contribution in [0.4, 0.5) is 0 Å². The van der Waals surface area contributed by atoms with E-state index in [0.29, 0.717) is 12.5 Å². The van der Waals surface area contributed by atoms with Gasteiger partial charge in [0, 0.05) is 12.1 Å². The van der Waals surface area contributed by atoms with Crippen LogP contribution in [0.5, 0.6) is 5.75 Å². The molecule has 3 N–H and O–H groups in total. The highest BCUT2D eigenvalue weighted by atomic mass is 16.5. The Bertz CT molecular complexity index is 467. The Labute approximate surface area is 127 Å². The molecule has 5 heteroatoms. The molecule has 5 nitrogen and oxygen atoms in total. The Morgan fingerprint density at radius 3 is 2.67 bits per heavy atom. The van der Waals surface area contributed by atoms with E-state index in [4.69, 9.17) is 4.74 Å². The molecule has 1 unspecified atom stereocenters. The molecule has 0 aliphatic heterocycles. The second-order valence-corrected chi connectivity index (χ2v) is 5.89. The molecule has 0 spiro atoms. The number of methoxy groups -OCH3 is 1. The van der Waals surface area contributed by atoms with Crippen molar-refractivity contribution in [1.82, 2.24) is 10.6 Å². The summed E-state index contributed by atoms with van der Waals surface area (Å²) in [6.07, 6.45) is -0.657. The highest BCUT2D eigenvalue weighted by Crippen LogP contribution is 2.19. The quantitative estimate of drug-likeness (QED) is 0.574. The first kappa shape index (κ1) is 17.3. The Morgan fingerprint density at radius 1 is 1.38 bits per heavy atom. The molecule has 1 rings (SSSR count). The van der Waals surface area contributed by atoms with Crippen LogP contribution < -0.4 is 15.4 Å². The van der Waals surface area contributed by atoms with Crippen molar-refractivity contribution in [3.05, 3.63) is 29.8 Å². The minimum Gasteiger partial charge on any atom is -0.497 e. The summed E-state index contributed by atoms with van der Waals surface area (Å²) < 4.78 is 5.16. The zero-order valence-corrected chi connectivity index (χ0v) is 13.6. The van der Waals surface area contributed by atoms with Crippen molar-refractivity contribution in [1.29, 1.82) is 0 Å². The number of aliphatic imine (C=N–C) groups is 1. The minimum absolute atomic E-state index is 0.0814. The summed E-state index contributed by atoms with van der Waals surface area (Å²) in [6.45, 7) is 9.28. The first-order valence-electron chi connectivity index (χ1n) is 7.24. The third-order valence-electron chi connectivity index (χ3n) is 2.74. The lowest BCUT2D eigenvalue weighted by Gasteiger charge is -2.24. The Balaban J connectivity index is 2.74. The normalized spacial score (nSPS) is 13.7. The summed E-state index contributed by atoms with van der Waals surface area (Å²) in [7, 11) is 1.61.